The minimum absolute atomic E-state index is 0.0564. The van der Waals surface area contributed by atoms with Crippen molar-refractivity contribution in [3.8, 4) is 11.5 Å². The summed E-state index contributed by atoms with van der Waals surface area (Å²) in [4.78, 5) is 25.7. The third-order valence-electron chi connectivity index (χ3n) is 7.93. The first-order valence-electron chi connectivity index (χ1n) is 13.0. The van der Waals surface area contributed by atoms with Gasteiger partial charge in [-0.25, -0.2) is 4.79 Å². The van der Waals surface area contributed by atoms with E-state index in [0.717, 1.165) is 12.1 Å². The molecule has 1 unspecified atom stereocenters. The Balaban J connectivity index is 1.66. The number of benzene rings is 2. The summed E-state index contributed by atoms with van der Waals surface area (Å²) >= 11 is 0. The monoisotopic (exact) mass is 594 g/mol. The maximum absolute atomic E-state index is 13.9. The van der Waals surface area contributed by atoms with E-state index in [9.17, 15) is 60.7 Å². The number of hydrogen-bond donors (Lipinski definition) is 10. The summed E-state index contributed by atoms with van der Waals surface area (Å²) in [5.41, 5.74) is -1.09. The van der Waals surface area contributed by atoms with Crippen LogP contribution in [0.3, 0.4) is 0 Å². The third kappa shape index (κ3) is 4.83. The lowest BCUT2D eigenvalue weighted by Gasteiger charge is -2.45. The number of phenols is 1. The zero-order chi connectivity index (χ0) is 30.6. The summed E-state index contributed by atoms with van der Waals surface area (Å²) in [7, 11) is 0. The maximum atomic E-state index is 13.9. The number of rotatable bonds is 6. The standard InChI is InChI=1S/C27H30O15/c28-6-13-18(31)21(34)23(36)25(40-13)15-9-2-1-3-12(41-27-24(37)22(35)19(32)14(7-29)42-27)17(9)20(33)16-10(15)4-8(26(38)39)5-11(16)30/h1-5,13-15,18-19,21-25,27-32,34-37H,6-7H2,(H,38,39)/t13-,14-,15?,18-,19-,21-,22-,23-,24-,25-,27-/m1/s1. The fourth-order valence-electron chi connectivity index (χ4n) is 5.76. The van der Waals surface area contributed by atoms with E-state index in [1.54, 1.807) is 0 Å². The van der Waals surface area contributed by atoms with E-state index < -0.39 is 103 Å². The summed E-state index contributed by atoms with van der Waals surface area (Å²) in [5, 5.41) is 102. The first-order chi connectivity index (χ1) is 19.9. The number of carbonyl (C=O) groups is 2. The van der Waals surface area contributed by atoms with Gasteiger partial charge in [-0.3, -0.25) is 4.79 Å². The highest BCUT2D eigenvalue weighted by Gasteiger charge is 2.51. The van der Waals surface area contributed by atoms with Crippen molar-refractivity contribution in [2.24, 2.45) is 0 Å². The van der Waals surface area contributed by atoms with Crippen molar-refractivity contribution >= 4 is 11.8 Å². The Hall–Kier alpha value is -3.22. The third-order valence-corrected chi connectivity index (χ3v) is 7.93. The van der Waals surface area contributed by atoms with E-state index in [2.05, 4.69) is 0 Å². The van der Waals surface area contributed by atoms with E-state index in [1.807, 2.05) is 0 Å². The van der Waals surface area contributed by atoms with E-state index >= 15 is 0 Å². The van der Waals surface area contributed by atoms with Gasteiger partial charge in [0.25, 0.3) is 0 Å². The van der Waals surface area contributed by atoms with Crippen LogP contribution in [0.5, 0.6) is 11.5 Å². The molecule has 15 nitrogen and oxygen atoms in total. The molecule has 0 radical (unpaired) electrons. The van der Waals surface area contributed by atoms with Crippen LogP contribution in [0.1, 0.15) is 43.3 Å². The SMILES string of the molecule is O=C(O)c1cc(O)c2c(c1)C([C@H]1O[C@H](CO)[C@@H](O)[C@@H](O)[C@H]1O)c1cccc(O[C@@H]3O[C@H](CO)[C@@H](O)[C@@H](O)[C@H]3O)c1C2=O. The fourth-order valence-corrected chi connectivity index (χ4v) is 5.76. The Morgan fingerprint density at radius 1 is 0.786 bits per heavy atom. The second-order valence-electron chi connectivity index (χ2n) is 10.4. The molecule has 2 aliphatic heterocycles. The molecule has 0 spiro atoms. The number of ketones is 1. The number of aliphatic hydroxyl groups is 8. The van der Waals surface area contributed by atoms with Gasteiger partial charge in [-0.1, -0.05) is 12.1 Å². The first-order valence-corrected chi connectivity index (χ1v) is 13.0. The molecule has 228 valence electrons. The Bertz CT molecular complexity index is 1360. The minimum atomic E-state index is -1.84. The molecule has 0 aromatic heterocycles. The van der Waals surface area contributed by atoms with E-state index in [4.69, 9.17) is 14.2 Å². The van der Waals surface area contributed by atoms with Crippen molar-refractivity contribution < 1.29 is 74.9 Å². The van der Waals surface area contributed by atoms with Gasteiger partial charge < -0.3 is 65.3 Å². The molecular formula is C27H30O15. The molecule has 15 heteroatoms. The lowest BCUT2D eigenvalue weighted by atomic mass is 9.71. The number of carbonyl (C=O) groups excluding carboxylic acids is 1. The Morgan fingerprint density at radius 3 is 2.02 bits per heavy atom. The maximum Gasteiger partial charge on any atom is 0.335 e. The average molecular weight is 595 g/mol. The molecule has 0 amide bonds. The molecule has 0 bridgehead atoms. The molecule has 5 rings (SSSR count). The molecule has 11 atom stereocenters. The van der Waals surface area contributed by atoms with Crippen molar-refractivity contribution in [2.45, 2.75) is 67.1 Å². The van der Waals surface area contributed by atoms with Gasteiger partial charge in [-0.2, -0.15) is 0 Å². The Kier molecular flexibility index (Phi) is 8.25. The predicted octanol–water partition coefficient (Wildman–Crippen LogP) is -3.21. The molecule has 0 saturated carbocycles. The van der Waals surface area contributed by atoms with Gasteiger partial charge >= 0.3 is 5.97 Å². The molecule has 1 aliphatic carbocycles. The van der Waals surface area contributed by atoms with Crippen LogP contribution >= 0.6 is 0 Å². The molecule has 3 aliphatic rings. The quantitative estimate of drug-likeness (QED) is 0.158. The lowest BCUT2D eigenvalue weighted by molar-refractivity contribution is -0.277. The fraction of sp³-hybridized carbons (Fsp3) is 0.481. The summed E-state index contributed by atoms with van der Waals surface area (Å²) in [6, 6.07) is 6.03. The number of aromatic carboxylic acids is 1. The van der Waals surface area contributed by atoms with Crippen LogP contribution in [0.2, 0.25) is 0 Å². The summed E-state index contributed by atoms with van der Waals surface area (Å²) in [6.45, 7) is -1.52. The minimum Gasteiger partial charge on any atom is -0.507 e. The highest BCUT2D eigenvalue weighted by atomic mass is 16.7. The largest absolute Gasteiger partial charge is 0.507 e. The summed E-state index contributed by atoms with van der Waals surface area (Å²) in [6.07, 6.45) is -16.6. The molecule has 2 fully saturated rings. The molecule has 2 aromatic carbocycles. The second kappa shape index (κ2) is 11.5. The zero-order valence-electron chi connectivity index (χ0n) is 21.7. The van der Waals surface area contributed by atoms with Crippen LogP contribution in [0.25, 0.3) is 0 Å². The van der Waals surface area contributed by atoms with Gasteiger partial charge in [0.15, 0.2) is 0 Å². The Morgan fingerprint density at radius 2 is 1.40 bits per heavy atom. The number of fused-ring (bicyclic) bond motifs is 2. The zero-order valence-corrected chi connectivity index (χ0v) is 21.7. The molecule has 2 heterocycles. The van der Waals surface area contributed by atoms with Crippen molar-refractivity contribution in [3.63, 3.8) is 0 Å². The van der Waals surface area contributed by atoms with Crippen molar-refractivity contribution in [1.82, 2.24) is 0 Å². The van der Waals surface area contributed by atoms with Gasteiger partial charge in [-0.05, 0) is 29.3 Å². The lowest BCUT2D eigenvalue weighted by Crippen LogP contribution is -2.60. The number of carboxylic acids is 1. The highest BCUT2D eigenvalue weighted by Crippen LogP contribution is 2.48. The van der Waals surface area contributed by atoms with Gasteiger partial charge in [0.1, 0.15) is 60.3 Å². The number of aromatic hydroxyl groups is 1. The number of hydrogen-bond acceptors (Lipinski definition) is 14. The van der Waals surface area contributed by atoms with Crippen LogP contribution in [-0.4, -0.2) is 137 Å². The molecule has 42 heavy (non-hydrogen) atoms. The van der Waals surface area contributed by atoms with Crippen LogP contribution < -0.4 is 4.74 Å². The number of carboxylic acid groups (broad SMARTS) is 1. The van der Waals surface area contributed by atoms with Crippen molar-refractivity contribution in [1.29, 1.82) is 0 Å². The van der Waals surface area contributed by atoms with Gasteiger partial charge in [0.05, 0.1) is 36.0 Å². The predicted molar refractivity (Wildman–Crippen MR) is 135 cm³/mol. The highest BCUT2D eigenvalue weighted by molar-refractivity contribution is 6.16. The first kappa shape index (κ1) is 30.2. The topological polar surface area (TPSA) is 264 Å². The number of ether oxygens (including phenoxy) is 3. The second-order valence-corrected chi connectivity index (χ2v) is 10.4. The summed E-state index contributed by atoms with van der Waals surface area (Å²) < 4.78 is 16.9. The van der Waals surface area contributed by atoms with Gasteiger partial charge in [-0.15, -0.1) is 0 Å². The van der Waals surface area contributed by atoms with Crippen LogP contribution in [0.4, 0.5) is 0 Å². The molecule has 10 N–H and O–H groups in total. The Labute approximate surface area is 237 Å². The van der Waals surface area contributed by atoms with Crippen molar-refractivity contribution in [3.05, 3.63) is 58.1 Å². The summed E-state index contributed by atoms with van der Waals surface area (Å²) in [5.74, 6) is -4.60. The smallest absolute Gasteiger partial charge is 0.335 e. The number of aliphatic hydroxyl groups excluding tert-OH is 8. The van der Waals surface area contributed by atoms with Crippen LogP contribution in [0, 0.1) is 0 Å². The van der Waals surface area contributed by atoms with E-state index in [0.29, 0.717) is 0 Å². The average Bonchev–Trinajstić information content (AvgIpc) is 2.96. The van der Waals surface area contributed by atoms with Crippen LogP contribution in [0.15, 0.2) is 30.3 Å². The van der Waals surface area contributed by atoms with Crippen LogP contribution in [-0.2, 0) is 9.47 Å². The molecular weight excluding hydrogens is 564 g/mol. The van der Waals surface area contributed by atoms with Gasteiger partial charge in [0.2, 0.25) is 12.1 Å². The van der Waals surface area contributed by atoms with Crippen molar-refractivity contribution in [2.75, 3.05) is 13.2 Å². The molecule has 2 aromatic rings. The van der Waals surface area contributed by atoms with E-state index in [1.165, 1.54) is 18.2 Å². The normalized spacial score (nSPS) is 36.2. The number of phenolic OH excluding ortho intramolecular Hbond substituents is 1. The van der Waals surface area contributed by atoms with E-state index in [-0.39, 0.29) is 28.0 Å². The van der Waals surface area contributed by atoms with Gasteiger partial charge in [0, 0.05) is 5.92 Å². The molecule has 2 saturated heterocycles.